The molecule has 2 aromatic carbocycles. The first kappa shape index (κ1) is 15.0. The Morgan fingerprint density at radius 3 is 2.45 bits per heavy atom. The molecule has 3 rings (SSSR count). The Hall–Kier alpha value is -1.88. The van der Waals surface area contributed by atoms with Crippen LogP contribution in [0.5, 0.6) is 0 Å². The maximum absolute atomic E-state index is 13.0. The van der Waals surface area contributed by atoms with Gasteiger partial charge in [-0.1, -0.05) is 28.1 Å². The Bertz CT molecular complexity index is 711. The number of hydrogen-bond acceptors (Lipinski definition) is 1. The van der Waals surface area contributed by atoms with Crippen molar-refractivity contribution in [3.8, 4) is 0 Å². The molecule has 5 heteroatoms. The molecule has 114 valence electrons. The van der Waals surface area contributed by atoms with E-state index in [-0.39, 0.29) is 17.4 Å². The lowest BCUT2D eigenvalue weighted by Gasteiger charge is -2.18. The molecule has 1 fully saturated rings. The summed E-state index contributed by atoms with van der Waals surface area (Å²) in [5, 5.41) is 5.84. The summed E-state index contributed by atoms with van der Waals surface area (Å²) in [7, 11) is 0. The summed E-state index contributed by atoms with van der Waals surface area (Å²) < 4.78 is 14.0. The second kappa shape index (κ2) is 5.72. The minimum Gasteiger partial charge on any atom is -0.328 e. The van der Waals surface area contributed by atoms with Gasteiger partial charge in [0.25, 0.3) is 0 Å². The van der Waals surface area contributed by atoms with E-state index in [0.29, 0.717) is 0 Å². The normalized spacial score (nSPS) is 15.2. The van der Waals surface area contributed by atoms with Gasteiger partial charge in [0, 0.05) is 10.2 Å². The van der Waals surface area contributed by atoms with Gasteiger partial charge in [-0.05, 0) is 61.2 Å². The smallest absolute Gasteiger partial charge is 0.319 e. The minimum atomic E-state index is -0.359. The highest BCUT2D eigenvalue weighted by molar-refractivity contribution is 9.10. The molecule has 3 nitrogen and oxygen atoms in total. The van der Waals surface area contributed by atoms with Crippen LogP contribution in [0.1, 0.15) is 24.0 Å². The number of hydrogen-bond donors (Lipinski definition) is 2. The number of anilines is 1. The molecule has 2 N–H and O–H groups in total. The van der Waals surface area contributed by atoms with Gasteiger partial charge >= 0.3 is 6.03 Å². The third-order valence-electron chi connectivity index (χ3n) is 3.92. The van der Waals surface area contributed by atoms with E-state index < -0.39 is 0 Å². The van der Waals surface area contributed by atoms with Gasteiger partial charge in [0.2, 0.25) is 0 Å². The van der Waals surface area contributed by atoms with Gasteiger partial charge in [-0.2, -0.15) is 0 Å². The van der Waals surface area contributed by atoms with E-state index in [4.69, 9.17) is 0 Å². The molecular weight excluding hydrogens is 347 g/mol. The summed E-state index contributed by atoms with van der Waals surface area (Å²) in [6.45, 7) is 1.97. The molecule has 1 aliphatic carbocycles. The predicted molar refractivity (Wildman–Crippen MR) is 88.3 cm³/mol. The van der Waals surface area contributed by atoms with Crippen molar-refractivity contribution in [1.82, 2.24) is 5.32 Å². The number of carbonyl (C=O) groups excluding carboxylic acids is 1. The molecule has 0 aromatic heterocycles. The van der Waals surface area contributed by atoms with Gasteiger partial charge in [-0.3, -0.25) is 0 Å². The van der Waals surface area contributed by atoms with Crippen LogP contribution in [0.25, 0.3) is 0 Å². The van der Waals surface area contributed by atoms with E-state index in [9.17, 15) is 9.18 Å². The highest BCUT2D eigenvalue weighted by atomic mass is 79.9. The zero-order valence-electron chi connectivity index (χ0n) is 12.1. The SMILES string of the molecule is Cc1cc(NC(=O)NC2(c3ccc(F)cc3)CC2)ccc1Br. The number of benzene rings is 2. The van der Waals surface area contributed by atoms with Crippen molar-refractivity contribution in [2.75, 3.05) is 5.32 Å². The number of carbonyl (C=O) groups is 1. The van der Waals surface area contributed by atoms with Crippen LogP contribution in [0.15, 0.2) is 46.9 Å². The van der Waals surface area contributed by atoms with Crippen molar-refractivity contribution < 1.29 is 9.18 Å². The lowest BCUT2D eigenvalue weighted by Crippen LogP contribution is -2.38. The van der Waals surface area contributed by atoms with Gasteiger partial charge in [-0.25, -0.2) is 9.18 Å². The topological polar surface area (TPSA) is 41.1 Å². The van der Waals surface area contributed by atoms with Crippen molar-refractivity contribution in [2.24, 2.45) is 0 Å². The third kappa shape index (κ3) is 3.14. The summed E-state index contributed by atoms with van der Waals surface area (Å²) in [6, 6.07) is 11.7. The fourth-order valence-corrected chi connectivity index (χ4v) is 2.73. The van der Waals surface area contributed by atoms with Crippen LogP contribution in [-0.4, -0.2) is 6.03 Å². The Morgan fingerprint density at radius 1 is 1.18 bits per heavy atom. The quantitative estimate of drug-likeness (QED) is 0.815. The van der Waals surface area contributed by atoms with E-state index in [1.165, 1.54) is 12.1 Å². The molecule has 0 atom stereocenters. The second-order valence-electron chi connectivity index (χ2n) is 5.63. The standard InChI is InChI=1S/C17H16BrFN2O/c1-11-10-14(6-7-15(11)18)20-16(22)21-17(8-9-17)12-2-4-13(19)5-3-12/h2-7,10H,8-9H2,1H3,(H2,20,21,22). The zero-order chi connectivity index (χ0) is 15.7. The van der Waals surface area contributed by atoms with Crippen molar-refractivity contribution in [3.63, 3.8) is 0 Å². The summed E-state index contributed by atoms with van der Waals surface area (Å²) in [6.07, 6.45) is 1.73. The second-order valence-corrected chi connectivity index (χ2v) is 6.49. The molecule has 0 spiro atoms. The maximum Gasteiger partial charge on any atom is 0.319 e. The van der Waals surface area contributed by atoms with E-state index >= 15 is 0 Å². The fraction of sp³-hybridized carbons (Fsp3) is 0.235. The first-order valence-electron chi connectivity index (χ1n) is 7.10. The molecule has 0 heterocycles. The molecule has 0 bridgehead atoms. The summed E-state index contributed by atoms with van der Waals surface area (Å²) in [5.74, 6) is -0.269. The minimum absolute atomic E-state index is 0.247. The Balaban J connectivity index is 1.68. The van der Waals surface area contributed by atoms with Crippen LogP contribution >= 0.6 is 15.9 Å². The van der Waals surface area contributed by atoms with Crippen LogP contribution < -0.4 is 10.6 Å². The predicted octanol–water partition coefficient (Wildman–Crippen LogP) is 4.71. The van der Waals surface area contributed by atoms with Gasteiger partial charge in [0.15, 0.2) is 0 Å². The average molecular weight is 363 g/mol. The van der Waals surface area contributed by atoms with Crippen molar-refractivity contribution in [3.05, 3.63) is 63.9 Å². The number of nitrogens with one attached hydrogen (secondary N) is 2. The first-order valence-corrected chi connectivity index (χ1v) is 7.89. The number of urea groups is 1. The van der Waals surface area contributed by atoms with Crippen LogP contribution in [0.2, 0.25) is 0 Å². The van der Waals surface area contributed by atoms with Gasteiger partial charge in [0.05, 0.1) is 5.54 Å². The van der Waals surface area contributed by atoms with Crippen molar-refractivity contribution in [1.29, 1.82) is 0 Å². The molecule has 0 aliphatic heterocycles. The molecule has 0 unspecified atom stereocenters. The molecule has 1 aliphatic rings. The number of amides is 2. The van der Waals surface area contributed by atoms with Crippen molar-refractivity contribution >= 4 is 27.6 Å². The number of aryl methyl sites for hydroxylation is 1. The first-order chi connectivity index (χ1) is 10.5. The fourth-order valence-electron chi connectivity index (χ4n) is 2.48. The van der Waals surface area contributed by atoms with Crippen LogP contribution in [-0.2, 0) is 5.54 Å². The zero-order valence-corrected chi connectivity index (χ0v) is 13.7. The highest BCUT2D eigenvalue weighted by Gasteiger charge is 2.45. The molecule has 2 amide bonds. The Morgan fingerprint density at radius 2 is 1.86 bits per heavy atom. The molecule has 1 saturated carbocycles. The largest absolute Gasteiger partial charge is 0.328 e. The monoisotopic (exact) mass is 362 g/mol. The Labute approximate surface area is 137 Å². The average Bonchev–Trinajstić information content (AvgIpc) is 3.24. The van der Waals surface area contributed by atoms with E-state index in [1.54, 1.807) is 12.1 Å². The molecule has 2 aromatic rings. The summed E-state index contributed by atoms with van der Waals surface area (Å²) in [5.41, 5.74) is 2.38. The highest BCUT2D eigenvalue weighted by Crippen LogP contribution is 2.45. The van der Waals surface area contributed by atoms with Gasteiger partial charge in [0.1, 0.15) is 5.82 Å². The van der Waals surface area contributed by atoms with E-state index in [1.807, 2.05) is 25.1 Å². The molecular formula is C17H16BrFN2O. The van der Waals surface area contributed by atoms with Crippen LogP contribution in [0, 0.1) is 12.7 Å². The lowest BCUT2D eigenvalue weighted by atomic mass is 10.1. The van der Waals surface area contributed by atoms with Gasteiger partial charge < -0.3 is 10.6 Å². The van der Waals surface area contributed by atoms with Crippen molar-refractivity contribution in [2.45, 2.75) is 25.3 Å². The third-order valence-corrected chi connectivity index (χ3v) is 4.81. The van der Waals surface area contributed by atoms with Crippen LogP contribution in [0.4, 0.5) is 14.9 Å². The van der Waals surface area contributed by atoms with E-state index in [2.05, 4.69) is 26.6 Å². The number of halogens is 2. The van der Waals surface area contributed by atoms with Crippen LogP contribution in [0.3, 0.4) is 0 Å². The molecule has 0 radical (unpaired) electrons. The lowest BCUT2D eigenvalue weighted by molar-refractivity contribution is 0.247. The summed E-state index contributed by atoms with van der Waals surface area (Å²) >= 11 is 3.43. The maximum atomic E-state index is 13.0. The van der Waals surface area contributed by atoms with E-state index in [0.717, 1.165) is 34.1 Å². The molecule has 22 heavy (non-hydrogen) atoms. The van der Waals surface area contributed by atoms with Gasteiger partial charge in [-0.15, -0.1) is 0 Å². The summed E-state index contributed by atoms with van der Waals surface area (Å²) in [4.78, 5) is 12.2. The molecule has 0 saturated heterocycles. The number of rotatable bonds is 3. The Kier molecular flexibility index (Phi) is 3.91.